The number of rotatable bonds is 4. The molecule has 0 heterocycles. The van der Waals surface area contributed by atoms with Crippen LogP contribution in [0.5, 0.6) is 0 Å². The fourth-order valence-corrected chi connectivity index (χ4v) is 1.22. The molecule has 0 aliphatic rings. The molecule has 5 heteroatoms. The Hall–Kier alpha value is -1.88. The first-order valence-electron chi connectivity index (χ1n) is 4.95. The van der Waals surface area contributed by atoms with E-state index in [2.05, 4.69) is 10.6 Å². The minimum absolute atomic E-state index is 0.0335. The third-order valence-electron chi connectivity index (χ3n) is 2.01. The van der Waals surface area contributed by atoms with Crippen molar-refractivity contribution in [1.82, 2.24) is 5.32 Å². The number of benzene rings is 1. The molecular formula is C11H15N3O2. The minimum atomic E-state index is -0.268. The van der Waals surface area contributed by atoms with Gasteiger partial charge in [-0.2, -0.15) is 0 Å². The Kier molecular flexibility index (Phi) is 4.47. The van der Waals surface area contributed by atoms with Gasteiger partial charge >= 0.3 is 0 Å². The molecule has 1 aromatic carbocycles. The van der Waals surface area contributed by atoms with Crippen LogP contribution in [0.3, 0.4) is 0 Å². The Morgan fingerprint density at radius 3 is 2.62 bits per heavy atom. The summed E-state index contributed by atoms with van der Waals surface area (Å²) in [5, 5.41) is 5.10. The van der Waals surface area contributed by atoms with Crippen molar-refractivity contribution in [3.05, 3.63) is 29.8 Å². The van der Waals surface area contributed by atoms with Gasteiger partial charge in [0.15, 0.2) is 0 Å². The number of carbonyl (C=O) groups excluding carboxylic acids is 2. The van der Waals surface area contributed by atoms with Crippen LogP contribution in [-0.2, 0) is 16.1 Å². The van der Waals surface area contributed by atoms with Gasteiger partial charge in [-0.05, 0) is 11.6 Å². The molecule has 1 aromatic rings. The smallest absolute Gasteiger partial charge is 0.243 e. The predicted molar refractivity (Wildman–Crippen MR) is 61.6 cm³/mol. The number of anilines is 1. The zero-order chi connectivity index (χ0) is 12.0. The first-order chi connectivity index (χ1) is 7.63. The number of nitrogens with two attached hydrogens (primary N) is 1. The van der Waals surface area contributed by atoms with Gasteiger partial charge in [0, 0.05) is 19.2 Å². The van der Waals surface area contributed by atoms with Crippen LogP contribution in [0, 0.1) is 0 Å². The fourth-order valence-electron chi connectivity index (χ4n) is 1.22. The topological polar surface area (TPSA) is 84.2 Å². The average Bonchev–Trinajstić information content (AvgIpc) is 2.27. The molecular weight excluding hydrogens is 206 g/mol. The maximum absolute atomic E-state index is 11.4. The van der Waals surface area contributed by atoms with Gasteiger partial charge in [-0.3, -0.25) is 9.59 Å². The van der Waals surface area contributed by atoms with Crippen LogP contribution < -0.4 is 16.4 Å². The van der Waals surface area contributed by atoms with Crippen molar-refractivity contribution in [2.45, 2.75) is 13.5 Å². The van der Waals surface area contributed by atoms with Crippen LogP contribution in [0.1, 0.15) is 12.5 Å². The van der Waals surface area contributed by atoms with E-state index in [-0.39, 0.29) is 18.4 Å². The molecule has 16 heavy (non-hydrogen) atoms. The largest absolute Gasteiger partial charge is 0.347 e. The Labute approximate surface area is 94.0 Å². The Balaban J connectivity index is 2.58. The molecule has 0 spiro atoms. The number of hydrogen-bond donors (Lipinski definition) is 3. The van der Waals surface area contributed by atoms with Crippen LogP contribution in [0.4, 0.5) is 5.69 Å². The molecule has 2 amide bonds. The van der Waals surface area contributed by atoms with E-state index in [1.165, 1.54) is 6.92 Å². The van der Waals surface area contributed by atoms with Gasteiger partial charge in [0.1, 0.15) is 0 Å². The zero-order valence-corrected chi connectivity index (χ0v) is 9.12. The molecule has 1 rings (SSSR count). The van der Waals surface area contributed by atoms with Gasteiger partial charge < -0.3 is 16.4 Å². The van der Waals surface area contributed by atoms with Crippen molar-refractivity contribution in [2.24, 2.45) is 5.73 Å². The van der Waals surface area contributed by atoms with Crippen molar-refractivity contribution in [3.63, 3.8) is 0 Å². The summed E-state index contributed by atoms with van der Waals surface area (Å²) in [6, 6.07) is 7.28. The number of para-hydroxylation sites is 1. The predicted octanol–water partition coefficient (Wildman–Crippen LogP) is 0.220. The van der Waals surface area contributed by atoms with Crippen molar-refractivity contribution in [2.75, 3.05) is 11.9 Å². The van der Waals surface area contributed by atoms with Crippen LogP contribution >= 0.6 is 0 Å². The summed E-state index contributed by atoms with van der Waals surface area (Å²) < 4.78 is 0. The quantitative estimate of drug-likeness (QED) is 0.680. The summed E-state index contributed by atoms with van der Waals surface area (Å²) in [5.74, 6) is -0.502. The van der Waals surface area contributed by atoms with E-state index in [1.807, 2.05) is 18.2 Å². The molecule has 0 saturated carbocycles. The van der Waals surface area contributed by atoms with Crippen LogP contribution in [0.15, 0.2) is 24.3 Å². The number of nitrogens with one attached hydrogen (secondary N) is 2. The maximum atomic E-state index is 11.4. The zero-order valence-electron chi connectivity index (χ0n) is 9.12. The summed E-state index contributed by atoms with van der Waals surface area (Å²) in [4.78, 5) is 22.0. The maximum Gasteiger partial charge on any atom is 0.243 e. The molecule has 0 unspecified atom stereocenters. The van der Waals surface area contributed by atoms with Crippen molar-refractivity contribution >= 4 is 17.5 Å². The van der Waals surface area contributed by atoms with Gasteiger partial charge in [0.25, 0.3) is 0 Å². The standard InChI is InChI=1S/C11H15N3O2/c1-8(15)13-7-11(16)14-10-5-3-2-4-9(10)6-12/h2-5H,6-7,12H2,1H3,(H,13,15)(H,14,16). The van der Waals surface area contributed by atoms with Gasteiger partial charge in [0.05, 0.1) is 6.54 Å². The Morgan fingerprint density at radius 1 is 1.31 bits per heavy atom. The lowest BCUT2D eigenvalue weighted by Crippen LogP contribution is -2.31. The monoisotopic (exact) mass is 221 g/mol. The molecule has 0 aliphatic heterocycles. The van der Waals surface area contributed by atoms with E-state index >= 15 is 0 Å². The summed E-state index contributed by atoms with van der Waals surface area (Å²) in [6.07, 6.45) is 0. The average molecular weight is 221 g/mol. The highest BCUT2D eigenvalue weighted by molar-refractivity contribution is 5.94. The summed E-state index contributed by atoms with van der Waals surface area (Å²) in [5.41, 5.74) is 7.07. The van der Waals surface area contributed by atoms with Crippen molar-refractivity contribution in [1.29, 1.82) is 0 Å². The normalized spacial score (nSPS) is 9.62. The molecule has 5 nitrogen and oxygen atoms in total. The third kappa shape index (κ3) is 3.70. The van der Waals surface area contributed by atoms with E-state index in [4.69, 9.17) is 5.73 Å². The molecule has 0 bridgehead atoms. The third-order valence-corrected chi connectivity index (χ3v) is 2.01. The molecule has 4 N–H and O–H groups in total. The van der Waals surface area contributed by atoms with Gasteiger partial charge in [0.2, 0.25) is 11.8 Å². The lowest BCUT2D eigenvalue weighted by Gasteiger charge is -2.09. The Bertz CT molecular complexity index is 391. The number of hydrogen-bond acceptors (Lipinski definition) is 3. The van der Waals surface area contributed by atoms with Crippen LogP contribution in [0.25, 0.3) is 0 Å². The second kappa shape index (κ2) is 5.87. The van der Waals surface area contributed by atoms with E-state index in [9.17, 15) is 9.59 Å². The van der Waals surface area contributed by atoms with Gasteiger partial charge in [-0.1, -0.05) is 18.2 Å². The fraction of sp³-hybridized carbons (Fsp3) is 0.273. The molecule has 0 radical (unpaired) electrons. The number of amides is 2. The molecule has 0 aromatic heterocycles. The second-order valence-corrected chi connectivity index (χ2v) is 3.32. The van der Waals surface area contributed by atoms with Gasteiger partial charge in [-0.25, -0.2) is 0 Å². The van der Waals surface area contributed by atoms with E-state index in [0.29, 0.717) is 12.2 Å². The highest BCUT2D eigenvalue weighted by atomic mass is 16.2. The molecule has 0 atom stereocenters. The SMILES string of the molecule is CC(=O)NCC(=O)Nc1ccccc1CN. The molecule has 86 valence electrons. The lowest BCUT2D eigenvalue weighted by atomic mass is 10.2. The molecule has 0 aliphatic carbocycles. The Morgan fingerprint density at radius 2 is 2.00 bits per heavy atom. The highest BCUT2D eigenvalue weighted by Gasteiger charge is 2.05. The molecule has 0 fully saturated rings. The lowest BCUT2D eigenvalue weighted by molar-refractivity contribution is -0.122. The van der Waals surface area contributed by atoms with Crippen molar-refractivity contribution in [3.8, 4) is 0 Å². The minimum Gasteiger partial charge on any atom is -0.347 e. The number of carbonyl (C=O) groups is 2. The van der Waals surface area contributed by atoms with E-state index in [1.54, 1.807) is 6.07 Å². The summed E-state index contributed by atoms with van der Waals surface area (Å²) in [7, 11) is 0. The van der Waals surface area contributed by atoms with Crippen LogP contribution in [0.2, 0.25) is 0 Å². The van der Waals surface area contributed by atoms with E-state index < -0.39 is 0 Å². The van der Waals surface area contributed by atoms with Gasteiger partial charge in [-0.15, -0.1) is 0 Å². The second-order valence-electron chi connectivity index (χ2n) is 3.32. The highest BCUT2D eigenvalue weighted by Crippen LogP contribution is 2.13. The first-order valence-corrected chi connectivity index (χ1v) is 4.95. The van der Waals surface area contributed by atoms with Crippen molar-refractivity contribution < 1.29 is 9.59 Å². The first kappa shape index (κ1) is 12.2. The summed E-state index contributed by atoms with van der Waals surface area (Å²) in [6.45, 7) is 1.69. The van der Waals surface area contributed by atoms with E-state index in [0.717, 1.165) is 5.56 Å². The van der Waals surface area contributed by atoms with Crippen LogP contribution in [-0.4, -0.2) is 18.4 Å². The summed E-state index contributed by atoms with van der Waals surface area (Å²) >= 11 is 0. The molecule has 0 saturated heterocycles.